The van der Waals surface area contributed by atoms with E-state index in [9.17, 15) is 18.8 Å². The number of hydrogen-bond donors (Lipinski definition) is 4. The zero-order valence-corrected chi connectivity index (χ0v) is 19.6. The molecule has 0 saturated carbocycles. The lowest BCUT2D eigenvalue weighted by Crippen LogP contribution is -2.51. The third kappa shape index (κ3) is 5.64. The fourth-order valence-electron chi connectivity index (χ4n) is 3.74. The minimum absolute atomic E-state index is 0.0668. The summed E-state index contributed by atoms with van der Waals surface area (Å²) in [6.07, 6.45) is 1.97. The van der Waals surface area contributed by atoms with Crippen LogP contribution < -0.4 is 16.4 Å². The molecule has 12 heteroatoms. The van der Waals surface area contributed by atoms with Gasteiger partial charge in [-0.1, -0.05) is 30.3 Å². The summed E-state index contributed by atoms with van der Waals surface area (Å²) < 4.78 is 19.6. The van der Waals surface area contributed by atoms with E-state index in [2.05, 4.69) is 22.2 Å². The van der Waals surface area contributed by atoms with E-state index in [0.717, 1.165) is 0 Å². The van der Waals surface area contributed by atoms with Crippen molar-refractivity contribution >= 4 is 40.7 Å². The van der Waals surface area contributed by atoms with Crippen LogP contribution in [0, 0.1) is 11.2 Å². The topological polar surface area (TPSA) is 150 Å². The Kier molecular flexibility index (Phi) is 8.15. The van der Waals surface area contributed by atoms with Crippen LogP contribution in [0.5, 0.6) is 0 Å². The molecule has 10 nitrogen and oxygen atoms in total. The molecule has 184 valence electrons. The molecular weight excluding hydrogens is 479 g/mol. The fraction of sp³-hybridized carbons (Fsp3) is 0.261. The van der Waals surface area contributed by atoms with Crippen LogP contribution in [0.4, 0.5) is 10.1 Å². The van der Waals surface area contributed by atoms with Gasteiger partial charge in [-0.25, -0.2) is 4.39 Å². The van der Waals surface area contributed by atoms with Gasteiger partial charge in [-0.2, -0.15) is 0 Å². The maximum absolute atomic E-state index is 14.2. The Morgan fingerprint density at radius 3 is 2.80 bits per heavy atom. The molecule has 0 bridgehead atoms. The van der Waals surface area contributed by atoms with Crippen LogP contribution in [-0.2, 0) is 25.7 Å². The number of primary amides is 1. The third-order valence-electron chi connectivity index (χ3n) is 5.49. The summed E-state index contributed by atoms with van der Waals surface area (Å²) in [7, 11) is 1.40. The molecule has 35 heavy (non-hydrogen) atoms. The Morgan fingerprint density at radius 2 is 2.11 bits per heavy atom. The fourth-order valence-corrected chi connectivity index (χ4v) is 3.94. The number of carbonyl (C=O) groups excluding carboxylic acids is 3. The largest absolute Gasteiger partial charge is 0.374 e. The minimum atomic E-state index is -1.04. The number of anilines is 1. The number of aromatic nitrogens is 1. The molecule has 0 aliphatic carbocycles. The standard InChI is InChI=1S/C23H24ClFN6O4/c1-12-11-31(17(32)10-29-16-9-28-7-6-14(16)19(26)22(27)33)20(21(12)35-2)23(34)30-8-13-4-3-5-15(24)18(13)25/h3-7,9,20-21,26,29H,1,8,10-11H2,2H3,(H2,27,33)(H,30,34)/t20-,21+/m0/s1. The number of pyridine rings is 1. The predicted octanol–water partition coefficient (Wildman–Crippen LogP) is 1.24. The average molecular weight is 503 g/mol. The van der Waals surface area contributed by atoms with Gasteiger partial charge in [-0.3, -0.25) is 24.8 Å². The van der Waals surface area contributed by atoms with Crippen molar-refractivity contribution in [2.75, 3.05) is 25.5 Å². The van der Waals surface area contributed by atoms with Gasteiger partial charge >= 0.3 is 0 Å². The maximum atomic E-state index is 14.2. The third-order valence-corrected chi connectivity index (χ3v) is 5.78. The lowest BCUT2D eigenvalue weighted by molar-refractivity contribution is -0.139. The number of methoxy groups -OCH3 is 1. The highest BCUT2D eigenvalue weighted by molar-refractivity contribution is 6.44. The monoisotopic (exact) mass is 502 g/mol. The van der Waals surface area contributed by atoms with Crippen molar-refractivity contribution in [3.8, 4) is 0 Å². The summed E-state index contributed by atoms with van der Waals surface area (Å²) >= 11 is 5.80. The molecule has 1 aliphatic rings. The molecule has 2 aromatic rings. The Bertz CT molecular complexity index is 1190. The first kappa shape index (κ1) is 25.8. The molecule has 2 heterocycles. The summed E-state index contributed by atoms with van der Waals surface area (Å²) in [6.45, 7) is 3.56. The number of benzene rings is 1. The zero-order chi connectivity index (χ0) is 25.7. The minimum Gasteiger partial charge on any atom is -0.374 e. The van der Waals surface area contributed by atoms with Gasteiger partial charge in [0.05, 0.1) is 23.5 Å². The number of rotatable bonds is 9. The number of likely N-dealkylation sites (tertiary alicyclic amines) is 1. The highest BCUT2D eigenvalue weighted by atomic mass is 35.5. The van der Waals surface area contributed by atoms with Crippen LogP contribution in [0.3, 0.4) is 0 Å². The molecule has 1 fully saturated rings. The second kappa shape index (κ2) is 11.1. The van der Waals surface area contributed by atoms with Crippen molar-refractivity contribution in [2.24, 2.45) is 5.73 Å². The number of hydrogen-bond acceptors (Lipinski definition) is 7. The van der Waals surface area contributed by atoms with E-state index >= 15 is 0 Å². The van der Waals surface area contributed by atoms with E-state index in [0.29, 0.717) is 5.57 Å². The molecule has 5 N–H and O–H groups in total. The summed E-state index contributed by atoms with van der Waals surface area (Å²) in [5, 5.41) is 13.2. The summed E-state index contributed by atoms with van der Waals surface area (Å²) in [4.78, 5) is 42.7. The number of halogens is 2. The number of amides is 3. The molecule has 1 saturated heterocycles. The summed E-state index contributed by atoms with van der Waals surface area (Å²) in [5.41, 5.74) is 5.89. The van der Waals surface area contributed by atoms with Crippen LogP contribution in [0.1, 0.15) is 11.1 Å². The van der Waals surface area contributed by atoms with E-state index in [-0.39, 0.29) is 41.5 Å². The van der Waals surface area contributed by atoms with Crippen molar-refractivity contribution in [3.63, 3.8) is 0 Å². The smallest absolute Gasteiger partial charge is 0.267 e. The van der Waals surface area contributed by atoms with Crippen LogP contribution in [0.25, 0.3) is 0 Å². The Labute approximate surface area is 205 Å². The summed E-state index contributed by atoms with van der Waals surface area (Å²) in [6, 6.07) is 4.83. The van der Waals surface area contributed by atoms with Crippen molar-refractivity contribution < 1.29 is 23.5 Å². The molecule has 0 unspecified atom stereocenters. The number of carbonyl (C=O) groups is 3. The van der Waals surface area contributed by atoms with E-state index < -0.39 is 41.4 Å². The molecule has 0 radical (unpaired) electrons. The highest BCUT2D eigenvalue weighted by Gasteiger charge is 2.44. The lowest BCUT2D eigenvalue weighted by atomic mass is 10.1. The van der Waals surface area contributed by atoms with Crippen molar-refractivity contribution in [1.29, 1.82) is 5.41 Å². The van der Waals surface area contributed by atoms with Gasteiger partial charge < -0.3 is 26.0 Å². The highest BCUT2D eigenvalue weighted by Crippen LogP contribution is 2.26. The Morgan fingerprint density at radius 1 is 1.37 bits per heavy atom. The molecule has 2 atom stereocenters. The van der Waals surface area contributed by atoms with Crippen molar-refractivity contribution in [1.82, 2.24) is 15.2 Å². The predicted molar refractivity (Wildman–Crippen MR) is 127 cm³/mol. The molecule has 0 spiro atoms. The molecule has 1 aliphatic heterocycles. The second-order valence-corrected chi connectivity index (χ2v) is 8.13. The average Bonchev–Trinajstić information content (AvgIpc) is 3.19. The zero-order valence-electron chi connectivity index (χ0n) is 18.8. The lowest BCUT2D eigenvalue weighted by Gasteiger charge is -2.26. The van der Waals surface area contributed by atoms with Gasteiger partial charge in [-0.15, -0.1) is 0 Å². The second-order valence-electron chi connectivity index (χ2n) is 7.73. The van der Waals surface area contributed by atoms with Crippen LogP contribution >= 0.6 is 11.6 Å². The van der Waals surface area contributed by atoms with E-state index in [4.69, 9.17) is 27.5 Å². The van der Waals surface area contributed by atoms with Gasteiger partial charge in [0.25, 0.3) is 5.91 Å². The van der Waals surface area contributed by atoms with E-state index in [1.165, 1.54) is 42.6 Å². The SMILES string of the molecule is C=C1CN(C(=O)CNc2cnccc2C(=N)C(N)=O)[C@H](C(=O)NCc2cccc(Cl)c2F)[C@@H]1OC. The van der Waals surface area contributed by atoms with Crippen molar-refractivity contribution in [3.05, 3.63) is 70.8 Å². The van der Waals surface area contributed by atoms with Gasteiger partial charge in [0.2, 0.25) is 11.8 Å². The van der Waals surface area contributed by atoms with Gasteiger partial charge in [-0.05, 0) is 17.7 Å². The van der Waals surface area contributed by atoms with Crippen LogP contribution in [0.15, 0.2) is 48.8 Å². The quantitative estimate of drug-likeness (QED) is 0.299. The van der Waals surface area contributed by atoms with Crippen LogP contribution in [-0.4, -0.2) is 65.7 Å². The molecule has 1 aromatic carbocycles. The van der Waals surface area contributed by atoms with E-state index in [1.54, 1.807) is 6.07 Å². The number of nitrogens with zero attached hydrogens (tertiary/aromatic N) is 2. The normalized spacial score (nSPS) is 17.2. The van der Waals surface area contributed by atoms with Gasteiger partial charge in [0.15, 0.2) is 0 Å². The molecular formula is C23H24ClFN6O4. The molecule has 3 rings (SSSR count). The number of nitrogens with two attached hydrogens (primary N) is 1. The first-order chi connectivity index (χ1) is 16.6. The van der Waals surface area contributed by atoms with E-state index in [1.807, 2.05) is 0 Å². The summed E-state index contributed by atoms with van der Waals surface area (Å²) in [5.74, 6) is -2.60. The van der Waals surface area contributed by atoms with Crippen LogP contribution in [0.2, 0.25) is 5.02 Å². The number of ether oxygens (including phenoxy) is 1. The first-order valence-electron chi connectivity index (χ1n) is 10.4. The maximum Gasteiger partial charge on any atom is 0.267 e. The van der Waals surface area contributed by atoms with Gasteiger partial charge in [0, 0.05) is 37.5 Å². The molecule has 1 aromatic heterocycles. The Balaban J connectivity index is 1.74. The van der Waals surface area contributed by atoms with Crippen molar-refractivity contribution in [2.45, 2.75) is 18.7 Å². The van der Waals surface area contributed by atoms with Gasteiger partial charge in [0.1, 0.15) is 23.7 Å². The molecule has 3 amide bonds. The first-order valence-corrected chi connectivity index (χ1v) is 10.8. The number of nitrogens with one attached hydrogen (secondary N) is 3. The Hall–Kier alpha value is -3.83.